The molecule has 6 nitrogen and oxygen atoms in total. The average Bonchev–Trinajstić information content (AvgIpc) is 3.11. The number of benzene rings is 1. The van der Waals surface area contributed by atoms with E-state index in [-0.39, 0.29) is 17.6 Å². The average molecular weight is 400 g/mol. The van der Waals surface area contributed by atoms with Crippen molar-refractivity contribution in [1.82, 2.24) is 19.4 Å². The van der Waals surface area contributed by atoms with Crippen LogP contribution in [0.1, 0.15) is 30.7 Å². The molecular weight excluding hydrogens is 371 g/mol. The Morgan fingerprint density at radius 1 is 1.28 bits per heavy atom. The van der Waals surface area contributed by atoms with Crippen molar-refractivity contribution < 1.29 is 13.9 Å². The second-order valence-electron chi connectivity index (χ2n) is 7.94. The Morgan fingerprint density at radius 3 is 2.83 bits per heavy atom. The fourth-order valence-electron chi connectivity index (χ4n) is 3.91. The molecule has 1 saturated heterocycles. The maximum atomic E-state index is 13.5. The summed E-state index contributed by atoms with van der Waals surface area (Å²) in [6.45, 7) is 5.93. The second-order valence-corrected chi connectivity index (χ2v) is 7.94. The lowest BCUT2D eigenvalue weighted by Gasteiger charge is -2.34. The van der Waals surface area contributed by atoms with Crippen molar-refractivity contribution in [3.8, 4) is 0 Å². The standard InChI is InChI=1S/C22H29FN4O2/c23-20-6-1-3-18(15-20)16-26-8-7-24-21(26)17-27(22(28)19-4-2-5-19)10-9-25-11-13-29-14-12-25/h1,3,6-8,15,19H,2,4-5,9-14,16-17H2. The Balaban J connectivity index is 1.43. The molecule has 0 radical (unpaired) electrons. The van der Waals surface area contributed by atoms with E-state index in [0.29, 0.717) is 19.6 Å². The predicted molar refractivity (Wildman–Crippen MR) is 108 cm³/mol. The first kappa shape index (κ1) is 20.0. The first-order valence-corrected chi connectivity index (χ1v) is 10.5. The highest BCUT2D eigenvalue weighted by Crippen LogP contribution is 2.28. The van der Waals surface area contributed by atoms with Crippen molar-refractivity contribution in [2.45, 2.75) is 32.4 Å². The zero-order valence-corrected chi connectivity index (χ0v) is 16.8. The molecule has 1 saturated carbocycles. The van der Waals surface area contributed by atoms with E-state index in [9.17, 15) is 9.18 Å². The summed E-state index contributed by atoms with van der Waals surface area (Å²) < 4.78 is 21.0. The topological polar surface area (TPSA) is 50.6 Å². The van der Waals surface area contributed by atoms with Crippen LogP contribution in [0.2, 0.25) is 0 Å². The number of nitrogens with zero attached hydrogens (tertiary/aromatic N) is 4. The number of amides is 1. The molecule has 1 aromatic heterocycles. The van der Waals surface area contributed by atoms with Crippen molar-refractivity contribution in [3.63, 3.8) is 0 Å². The van der Waals surface area contributed by atoms with Gasteiger partial charge in [0.15, 0.2) is 0 Å². The Morgan fingerprint density at radius 2 is 2.10 bits per heavy atom. The smallest absolute Gasteiger partial charge is 0.226 e. The first-order valence-electron chi connectivity index (χ1n) is 10.5. The van der Waals surface area contributed by atoms with Gasteiger partial charge in [0.25, 0.3) is 0 Å². The van der Waals surface area contributed by atoms with Crippen LogP contribution in [0.25, 0.3) is 0 Å². The van der Waals surface area contributed by atoms with Gasteiger partial charge in [0.05, 0.1) is 19.8 Å². The molecule has 0 N–H and O–H groups in total. The van der Waals surface area contributed by atoms with Gasteiger partial charge in [-0.05, 0) is 30.5 Å². The van der Waals surface area contributed by atoms with Crippen LogP contribution < -0.4 is 0 Å². The van der Waals surface area contributed by atoms with Crippen LogP contribution in [0.5, 0.6) is 0 Å². The monoisotopic (exact) mass is 400 g/mol. The molecule has 2 fully saturated rings. The molecule has 2 aromatic rings. The lowest BCUT2D eigenvalue weighted by Crippen LogP contribution is -2.45. The maximum Gasteiger partial charge on any atom is 0.226 e. The third-order valence-corrected chi connectivity index (χ3v) is 5.93. The summed E-state index contributed by atoms with van der Waals surface area (Å²) in [6, 6.07) is 6.61. The van der Waals surface area contributed by atoms with Crippen LogP contribution in [0.15, 0.2) is 36.7 Å². The summed E-state index contributed by atoms with van der Waals surface area (Å²) in [4.78, 5) is 21.8. The summed E-state index contributed by atoms with van der Waals surface area (Å²) in [6.07, 6.45) is 6.77. The summed E-state index contributed by atoms with van der Waals surface area (Å²) in [5, 5.41) is 0. The largest absolute Gasteiger partial charge is 0.379 e. The third kappa shape index (κ3) is 5.22. The summed E-state index contributed by atoms with van der Waals surface area (Å²) in [5.74, 6) is 0.997. The molecule has 2 heterocycles. The number of hydrogen-bond acceptors (Lipinski definition) is 4. The highest BCUT2D eigenvalue weighted by atomic mass is 19.1. The van der Waals surface area contributed by atoms with Crippen LogP contribution in [0.4, 0.5) is 4.39 Å². The molecule has 7 heteroatoms. The van der Waals surface area contributed by atoms with E-state index in [1.165, 1.54) is 6.07 Å². The van der Waals surface area contributed by atoms with E-state index in [1.807, 2.05) is 21.7 Å². The summed E-state index contributed by atoms with van der Waals surface area (Å²) in [5.41, 5.74) is 0.884. The molecule has 1 aliphatic carbocycles. The molecule has 4 rings (SSSR count). The van der Waals surface area contributed by atoms with Crippen molar-refractivity contribution in [1.29, 1.82) is 0 Å². The number of imidazole rings is 1. The van der Waals surface area contributed by atoms with Gasteiger partial charge in [-0.3, -0.25) is 9.69 Å². The van der Waals surface area contributed by atoms with Gasteiger partial charge in [0.1, 0.15) is 11.6 Å². The second kappa shape index (κ2) is 9.50. The van der Waals surface area contributed by atoms with Crippen LogP contribution in [0.3, 0.4) is 0 Å². The lowest BCUT2D eigenvalue weighted by atomic mass is 9.84. The van der Waals surface area contributed by atoms with Gasteiger partial charge in [0.2, 0.25) is 5.91 Å². The zero-order chi connectivity index (χ0) is 20.1. The normalized spacial score (nSPS) is 17.8. The molecule has 0 unspecified atom stereocenters. The maximum absolute atomic E-state index is 13.5. The fourth-order valence-corrected chi connectivity index (χ4v) is 3.91. The highest BCUT2D eigenvalue weighted by molar-refractivity contribution is 5.79. The molecular formula is C22H29FN4O2. The summed E-state index contributed by atoms with van der Waals surface area (Å²) >= 11 is 0. The van der Waals surface area contributed by atoms with Gasteiger partial charge in [0, 0.05) is 51.0 Å². The Hall–Kier alpha value is -2.25. The molecule has 0 atom stereocenters. The summed E-state index contributed by atoms with van der Waals surface area (Å²) in [7, 11) is 0. The first-order chi connectivity index (χ1) is 14.2. The Kier molecular flexibility index (Phi) is 6.56. The Labute approximate surface area is 171 Å². The molecule has 2 aliphatic rings. The minimum atomic E-state index is -0.239. The van der Waals surface area contributed by atoms with E-state index in [1.54, 1.807) is 18.3 Å². The van der Waals surface area contributed by atoms with Gasteiger partial charge in [-0.2, -0.15) is 0 Å². The van der Waals surface area contributed by atoms with Crippen molar-refractivity contribution in [3.05, 3.63) is 53.9 Å². The molecule has 0 spiro atoms. The number of hydrogen-bond donors (Lipinski definition) is 0. The van der Waals surface area contributed by atoms with Crippen LogP contribution in [0, 0.1) is 11.7 Å². The van der Waals surface area contributed by atoms with Gasteiger partial charge in [-0.1, -0.05) is 18.6 Å². The van der Waals surface area contributed by atoms with Crippen molar-refractivity contribution in [2.75, 3.05) is 39.4 Å². The van der Waals surface area contributed by atoms with Gasteiger partial charge >= 0.3 is 0 Å². The van der Waals surface area contributed by atoms with Crippen LogP contribution in [-0.4, -0.2) is 64.7 Å². The number of morpholine rings is 1. The number of aromatic nitrogens is 2. The molecule has 0 bridgehead atoms. The van der Waals surface area contributed by atoms with E-state index >= 15 is 0 Å². The van der Waals surface area contributed by atoms with Crippen LogP contribution in [-0.2, 0) is 22.6 Å². The molecule has 156 valence electrons. The fraction of sp³-hybridized carbons (Fsp3) is 0.545. The quantitative estimate of drug-likeness (QED) is 0.683. The number of carbonyl (C=O) groups excluding carboxylic acids is 1. The number of rotatable bonds is 8. The minimum absolute atomic E-state index is 0.159. The molecule has 29 heavy (non-hydrogen) atoms. The molecule has 1 aliphatic heterocycles. The highest BCUT2D eigenvalue weighted by Gasteiger charge is 2.30. The number of halogens is 1. The third-order valence-electron chi connectivity index (χ3n) is 5.93. The SMILES string of the molecule is O=C(C1CCC1)N(CCN1CCOCC1)Cc1nccn1Cc1cccc(F)c1. The van der Waals surface area contributed by atoms with Gasteiger partial charge in [-0.25, -0.2) is 9.37 Å². The minimum Gasteiger partial charge on any atom is -0.379 e. The van der Waals surface area contributed by atoms with Crippen LogP contribution >= 0.6 is 0 Å². The lowest BCUT2D eigenvalue weighted by molar-refractivity contribution is -0.139. The predicted octanol–water partition coefficient (Wildman–Crippen LogP) is 2.53. The van der Waals surface area contributed by atoms with E-state index in [4.69, 9.17) is 4.74 Å². The van der Waals surface area contributed by atoms with E-state index < -0.39 is 0 Å². The number of ether oxygens (including phenoxy) is 1. The van der Waals surface area contributed by atoms with Crippen molar-refractivity contribution >= 4 is 5.91 Å². The molecule has 1 amide bonds. The zero-order valence-electron chi connectivity index (χ0n) is 16.8. The van der Waals surface area contributed by atoms with Gasteiger partial charge in [-0.15, -0.1) is 0 Å². The van der Waals surface area contributed by atoms with E-state index in [2.05, 4.69) is 9.88 Å². The Bertz CT molecular complexity index is 815. The molecule has 1 aromatic carbocycles. The van der Waals surface area contributed by atoms with Gasteiger partial charge < -0.3 is 14.2 Å². The van der Waals surface area contributed by atoms with E-state index in [0.717, 1.165) is 63.5 Å². The number of carbonyl (C=O) groups is 1. The van der Waals surface area contributed by atoms with Crippen molar-refractivity contribution in [2.24, 2.45) is 5.92 Å².